The number of para-hydroxylation sites is 1. The number of aromatic nitrogens is 1. The number of hydrogen-bond acceptors (Lipinski definition) is 5. The molecule has 2 N–H and O–H groups in total. The van der Waals surface area contributed by atoms with E-state index in [0.717, 1.165) is 38.5 Å². The minimum Gasteiger partial charge on any atom is -0.395 e. The molecule has 1 aromatic carbocycles. The van der Waals surface area contributed by atoms with Gasteiger partial charge in [0.05, 0.1) is 6.61 Å². The molecule has 1 fully saturated rings. The van der Waals surface area contributed by atoms with Gasteiger partial charge in [-0.05, 0) is 31.5 Å². The van der Waals surface area contributed by atoms with E-state index in [1.165, 1.54) is 16.8 Å². The lowest BCUT2D eigenvalue weighted by molar-refractivity contribution is 0.251. The van der Waals surface area contributed by atoms with Crippen LogP contribution in [0.4, 0.5) is 11.5 Å². The lowest BCUT2D eigenvalue weighted by Gasteiger charge is -2.38. The molecule has 1 aromatic heterocycles. The highest BCUT2D eigenvalue weighted by Gasteiger charge is 2.21. The molecule has 1 atom stereocenters. The number of aliphatic hydroxyl groups excluding tert-OH is 1. The second kappa shape index (κ2) is 8.32. The zero-order valence-corrected chi connectivity index (χ0v) is 15.2. The van der Waals surface area contributed by atoms with Gasteiger partial charge in [-0.2, -0.15) is 0 Å². The van der Waals surface area contributed by atoms with Crippen molar-refractivity contribution in [2.45, 2.75) is 26.4 Å². The van der Waals surface area contributed by atoms with E-state index >= 15 is 0 Å². The van der Waals surface area contributed by atoms with Crippen molar-refractivity contribution in [1.29, 1.82) is 0 Å². The molecule has 1 aliphatic heterocycles. The molecule has 134 valence electrons. The fraction of sp³-hybridized carbons (Fsp3) is 0.450. The lowest BCUT2D eigenvalue weighted by atomic mass is 10.1. The molecule has 5 heteroatoms. The second-order valence-corrected chi connectivity index (χ2v) is 6.71. The maximum atomic E-state index is 9.20. The van der Waals surface area contributed by atoms with Gasteiger partial charge in [-0.1, -0.05) is 24.3 Å². The van der Waals surface area contributed by atoms with Crippen LogP contribution in [0.3, 0.4) is 0 Å². The van der Waals surface area contributed by atoms with Crippen LogP contribution in [0.2, 0.25) is 0 Å². The first kappa shape index (κ1) is 17.7. The van der Waals surface area contributed by atoms with Gasteiger partial charge in [-0.15, -0.1) is 0 Å². The molecule has 1 aliphatic rings. The molecule has 0 unspecified atom stereocenters. The Balaban J connectivity index is 1.66. The van der Waals surface area contributed by atoms with E-state index in [1.807, 2.05) is 19.2 Å². The van der Waals surface area contributed by atoms with Crippen molar-refractivity contribution in [2.24, 2.45) is 0 Å². The van der Waals surface area contributed by atoms with Crippen LogP contribution >= 0.6 is 0 Å². The van der Waals surface area contributed by atoms with Crippen LogP contribution in [0.15, 0.2) is 42.6 Å². The first-order valence-corrected chi connectivity index (χ1v) is 9.02. The van der Waals surface area contributed by atoms with Crippen molar-refractivity contribution < 1.29 is 5.11 Å². The summed E-state index contributed by atoms with van der Waals surface area (Å²) in [5, 5.41) is 12.5. The van der Waals surface area contributed by atoms with Gasteiger partial charge in [0, 0.05) is 56.2 Å². The van der Waals surface area contributed by atoms with E-state index in [0.29, 0.717) is 0 Å². The Morgan fingerprint density at radius 3 is 2.52 bits per heavy atom. The number of piperazine rings is 1. The molecule has 25 heavy (non-hydrogen) atoms. The molecule has 1 saturated heterocycles. The summed E-state index contributed by atoms with van der Waals surface area (Å²) in [5.41, 5.74) is 3.85. The lowest BCUT2D eigenvalue weighted by Crippen LogP contribution is -2.47. The highest BCUT2D eigenvalue weighted by molar-refractivity contribution is 5.55. The number of nitrogens with zero attached hydrogens (tertiary/aromatic N) is 3. The topological polar surface area (TPSA) is 51.6 Å². The number of rotatable bonds is 6. The van der Waals surface area contributed by atoms with Gasteiger partial charge in [0.15, 0.2) is 0 Å². The summed E-state index contributed by atoms with van der Waals surface area (Å²) in [6.07, 6.45) is 1.86. The summed E-state index contributed by atoms with van der Waals surface area (Å²) in [5.74, 6) is 1.06. The van der Waals surface area contributed by atoms with Crippen LogP contribution < -0.4 is 15.1 Å². The van der Waals surface area contributed by atoms with Crippen LogP contribution in [0.25, 0.3) is 0 Å². The summed E-state index contributed by atoms with van der Waals surface area (Å²) in [4.78, 5) is 9.46. The summed E-state index contributed by atoms with van der Waals surface area (Å²) in [6.45, 7) is 8.96. The molecule has 2 heterocycles. The zero-order valence-electron chi connectivity index (χ0n) is 15.2. The molecule has 0 aliphatic carbocycles. The Kier molecular flexibility index (Phi) is 5.89. The van der Waals surface area contributed by atoms with Crippen LogP contribution in [-0.2, 0) is 6.54 Å². The fourth-order valence-electron chi connectivity index (χ4n) is 3.28. The van der Waals surface area contributed by atoms with Crippen LogP contribution in [0, 0.1) is 6.92 Å². The third-order valence-electron chi connectivity index (χ3n) is 4.82. The second-order valence-electron chi connectivity index (χ2n) is 6.71. The minimum atomic E-state index is 0.0889. The van der Waals surface area contributed by atoms with E-state index in [9.17, 15) is 5.11 Å². The maximum Gasteiger partial charge on any atom is 0.133 e. The Bertz CT molecular complexity index is 683. The third-order valence-corrected chi connectivity index (χ3v) is 4.82. The molecular formula is C20H28N4O. The summed E-state index contributed by atoms with van der Waals surface area (Å²) < 4.78 is 0. The van der Waals surface area contributed by atoms with Crippen molar-refractivity contribution in [2.75, 3.05) is 42.6 Å². The van der Waals surface area contributed by atoms with E-state index in [2.05, 4.69) is 57.4 Å². The molecule has 0 radical (unpaired) electrons. The van der Waals surface area contributed by atoms with Crippen LogP contribution in [0.1, 0.15) is 18.1 Å². The molecule has 0 bridgehead atoms. The van der Waals surface area contributed by atoms with Crippen LogP contribution in [0.5, 0.6) is 0 Å². The molecule has 0 amide bonds. The maximum absolute atomic E-state index is 9.20. The van der Waals surface area contributed by atoms with E-state index in [-0.39, 0.29) is 12.6 Å². The van der Waals surface area contributed by atoms with E-state index < -0.39 is 0 Å². The number of anilines is 2. The molecule has 0 saturated carbocycles. The standard InChI is InChI=1S/C20H28N4O/c1-16-6-3-4-8-19(16)23-10-12-24(13-11-23)20-18(7-5-9-21-20)14-22-17(2)15-25/h3-9,17,22,25H,10-15H2,1-2H3/t17-/m1/s1. The monoisotopic (exact) mass is 340 g/mol. The van der Waals surface area contributed by atoms with Crippen LogP contribution in [-0.4, -0.2) is 48.9 Å². The van der Waals surface area contributed by atoms with Gasteiger partial charge < -0.3 is 20.2 Å². The van der Waals surface area contributed by atoms with Gasteiger partial charge in [0.25, 0.3) is 0 Å². The third kappa shape index (κ3) is 4.30. The molecular weight excluding hydrogens is 312 g/mol. The van der Waals surface area contributed by atoms with Crippen molar-refractivity contribution in [3.8, 4) is 0 Å². The fourth-order valence-corrected chi connectivity index (χ4v) is 3.28. The van der Waals surface area contributed by atoms with Crippen molar-refractivity contribution >= 4 is 11.5 Å². The molecule has 2 aromatic rings. The number of aryl methyl sites for hydroxylation is 1. The number of benzene rings is 1. The van der Waals surface area contributed by atoms with Gasteiger partial charge >= 0.3 is 0 Å². The Labute approximate surface area is 150 Å². The molecule has 3 rings (SSSR count). The normalized spacial score (nSPS) is 16.1. The Morgan fingerprint density at radius 1 is 1.08 bits per heavy atom. The predicted octanol–water partition coefficient (Wildman–Crippen LogP) is 2.19. The average molecular weight is 340 g/mol. The number of pyridine rings is 1. The first-order chi connectivity index (χ1) is 12.2. The quantitative estimate of drug-likeness (QED) is 0.844. The van der Waals surface area contributed by atoms with Gasteiger partial charge in [0.2, 0.25) is 0 Å². The summed E-state index contributed by atoms with van der Waals surface area (Å²) in [6, 6.07) is 12.8. The van der Waals surface area contributed by atoms with Gasteiger partial charge in [-0.25, -0.2) is 4.98 Å². The number of hydrogen-bond donors (Lipinski definition) is 2. The summed E-state index contributed by atoms with van der Waals surface area (Å²) in [7, 11) is 0. The SMILES string of the molecule is Cc1ccccc1N1CCN(c2ncccc2CN[C@H](C)CO)CC1. The Hall–Kier alpha value is -2.11. The van der Waals surface area contributed by atoms with Crippen molar-refractivity contribution in [3.05, 3.63) is 53.7 Å². The summed E-state index contributed by atoms with van der Waals surface area (Å²) >= 11 is 0. The molecule has 0 spiro atoms. The smallest absolute Gasteiger partial charge is 0.133 e. The van der Waals surface area contributed by atoms with Crippen molar-refractivity contribution in [3.63, 3.8) is 0 Å². The number of aliphatic hydroxyl groups is 1. The largest absolute Gasteiger partial charge is 0.395 e. The van der Waals surface area contributed by atoms with Gasteiger partial charge in [0.1, 0.15) is 5.82 Å². The zero-order chi connectivity index (χ0) is 17.6. The highest BCUT2D eigenvalue weighted by atomic mass is 16.3. The Morgan fingerprint density at radius 2 is 1.80 bits per heavy atom. The average Bonchev–Trinajstić information content (AvgIpc) is 2.67. The van der Waals surface area contributed by atoms with E-state index in [4.69, 9.17) is 0 Å². The minimum absolute atomic E-state index is 0.0889. The van der Waals surface area contributed by atoms with Gasteiger partial charge in [-0.3, -0.25) is 0 Å². The van der Waals surface area contributed by atoms with E-state index in [1.54, 1.807) is 0 Å². The van der Waals surface area contributed by atoms with Crippen molar-refractivity contribution in [1.82, 2.24) is 10.3 Å². The number of nitrogens with one attached hydrogen (secondary N) is 1. The first-order valence-electron chi connectivity index (χ1n) is 9.02. The predicted molar refractivity (Wildman–Crippen MR) is 103 cm³/mol. The molecule has 5 nitrogen and oxygen atoms in total. The highest BCUT2D eigenvalue weighted by Crippen LogP contribution is 2.24.